The second kappa shape index (κ2) is 7.77. The molecule has 0 aliphatic rings. The van der Waals surface area contributed by atoms with Gasteiger partial charge in [-0.25, -0.2) is 0 Å². The van der Waals surface area contributed by atoms with Crippen molar-refractivity contribution in [1.29, 1.82) is 0 Å². The molecule has 0 aromatic carbocycles. The van der Waals surface area contributed by atoms with E-state index >= 15 is 0 Å². The molecule has 1 aromatic heterocycles. The number of Topliss-reactive ketones (excluding diaryl/α,β-unsaturated/α-hetero) is 1. The SMILES string of the molecule is CCCCCC(CC)C(C(=O)O)C(=O)c1ccoc1. The van der Waals surface area contributed by atoms with Gasteiger partial charge in [0.1, 0.15) is 12.2 Å². The molecular weight excluding hydrogens is 244 g/mol. The third-order valence-corrected chi connectivity index (χ3v) is 3.53. The van der Waals surface area contributed by atoms with Crippen molar-refractivity contribution in [3.63, 3.8) is 0 Å². The molecule has 106 valence electrons. The standard InChI is InChI=1S/C15H22O4/c1-3-5-6-7-11(4-2)13(15(17)18)14(16)12-8-9-19-10-12/h8-11,13H,3-7H2,1-2H3,(H,17,18). The molecule has 0 saturated heterocycles. The fraction of sp³-hybridized carbons (Fsp3) is 0.600. The fourth-order valence-electron chi connectivity index (χ4n) is 2.38. The maximum atomic E-state index is 12.2. The Morgan fingerprint density at radius 3 is 2.53 bits per heavy atom. The summed E-state index contributed by atoms with van der Waals surface area (Å²) in [6, 6.07) is 1.52. The van der Waals surface area contributed by atoms with E-state index in [0.717, 1.165) is 25.7 Å². The molecular formula is C15H22O4. The molecule has 0 bridgehead atoms. The second-order valence-electron chi connectivity index (χ2n) is 4.86. The number of hydrogen-bond donors (Lipinski definition) is 1. The van der Waals surface area contributed by atoms with E-state index < -0.39 is 11.9 Å². The van der Waals surface area contributed by atoms with Gasteiger partial charge < -0.3 is 9.52 Å². The molecule has 0 spiro atoms. The van der Waals surface area contributed by atoms with Gasteiger partial charge in [-0.2, -0.15) is 0 Å². The molecule has 19 heavy (non-hydrogen) atoms. The normalized spacial score (nSPS) is 14.0. The molecule has 0 aliphatic carbocycles. The lowest BCUT2D eigenvalue weighted by Crippen LogP contribution is -2.31. The van der Waals surface area contributed by atoms with E-state index in [2.05, 4.69) is 6.92 Å². The zero-order chi connectivity index (χ0) is 14.3. The highest BCUT2D eigenvalue weighted by molar-refractivity contribution is 6.08. The number of furan rings is 1. The molecule has 0 amide bonds. The lowest BCUT2D eigenvalue weighted by atomic mass is 9.81. The number of carboxylic acid groups (broad SMARTS) is 1. The number of unbranched alkanes of at least 4 members (excludes halogenated alkanes) is 2. The van der Waals surface area contributed by atoms with Gasteiger partial charge in [0.15, 0.2) is 5.78 Å². The van der Waals surface area contributed by atoms with Gasteiger partial charge in [-0.3, -0.25) is 9.59 Å². The van der Waals surface area contributed by atoms with Gasteiger partial charge >= 0.3 is 5.97 Å². The van der Waals surface area contributed by atoms with Crippen molar-refractivity contribution in [2.45, 2.75) is 46.0 Å². The highest BCUT2D eigenvalue weighted by Gasteiger charge is 2.34. The summed E-state index contributed by atoms with van der Waals surface area (Å²) >= 11 is 0. The van der Waals surface area contributed by atoms with Crippen LogP contribution in [0.4, 0.5) is 0 Å². The Labute approximate surface area is 113 Å². The van der Waals surface area contributed by atoms with Crippen molar-refractivity contribution in [2.75, 3.05) is 0 Å². The number of carbonyl (C=O) groups excluding carboxylic acids is 1. The molecule has 1 heterocycles. The Morgan fingerprint density at radius 2 is 2.05 bits per heavy atom. The van der Waals surface area contributed by atoms with Crippen LogP contribution in [0.3, 0.4) is 0 Å². The summed E-state index contributed by atoms with van der Waals surface area (Å²) in [5.41, 5.74) is 0.348. The van der Waals surface area contributed by atoms with Crippen molar-refractivity contribution in [3.8, 4) is 0 Å². The summed E-state index contributed by atoms with van der Waals surface area (Å²) in [5.74, 6) is -2.44. The van der Waals surface area contributed by atoms with Crippen LogP contribution in [0.1, 0.15) is 56.3 Å². The van der Waals surface area contributed by atoms with E-state index in [0.29, 0.717) is 12.0 Å². The van der Waals surface area contributed by atoms with E-state index in [9.17, 15) is 14.7 Å². The van der Waals surface area contributed by atoms with Crippen LogP contribution in [0.2, 0.25) is 0 Å². The van der Waals surface area contributed by atoms with E-state index in [-0.39, 0.29) is 11.7 Å². The molecule has 4 nitrogen and oxygen atoms in total. The lowest BCUT2D eigenvalue weighted by molar-refractivity contribution is -0.141. The third-order valence-electron chi connectivity index (χ3n) is 3.53. The first-order chi connectivity index (χ1) is 9.11. The van der Waals surface area contributed by atoms with Crippen molar-refractivity contribution in [1.82, 2.24) is 0 Å². The topological polar surface area (TPSA) is 67.5 Å². The van der Waals surface area contributed by atoms with E-state index in [4.69, 9.17) is 4.42 Å². The van der Waals surface area contributed by atoms with Gasteiger partial charge in [0.25, 0.3) is 0 Å². The number of rotatable bonds is 9. The number of carbonyl (C=O) groups is 2. The van der Waals surface area contributed by atoms with Gasteiger partial charge in [0.2, 0.25) is 0 Å². The summed E-state index contributed by atoms with van der Waals surface area (Å²) in [6.07, 6.45) is 7.32. The van der Waals surface area contributed by atoms with E-state index in [1.54, 1.807) is 0 Å². The van der Waals surface area contributed by atoms with Crippen LogP contribution in [-0.4, -0.2) is 16.9 Å². The summed E-state index contributed by atoms with van der Waals surface area (Å²) in [6.45, 7) is 4.04. The quantitative estimate of drug-likeness (QED) is 0.419. The molecule has 4 heteroatoms. The summed E-state index contributed by atoms with van der Waals surface area (Å²) < 4.78 is 4.86. The van der Waals surface area contributed by atoms with Crippen LogP contribution in [0.5, 0.6) is 0 Å². The predicted octanol–water partition coefficient (Wildman–Crippen LogP) is 3.77. The highest BCUT2D eigenvalue weighted by atomic mass is 16.4. The van der Waals surface area contributed by atoms with Gasteiger partial charge in [0, 0.05) is 0 Å². The minimum absolute atomic E-state index is 0.105. The third kappa shape index (κ3) is 4.23. The van der Waals surface area contributed by atoms with Gasteiger partial charge in [-0.05, 0) is 18.4 Å². The molecule has 0 saturated carbocycles. The molecule has 0 fully saturated rings. The van der Waals surface area contributed by atoms with Crippen LogP contribution in [-0.2, 0) is 4.79 Å². The van der Waals surface area contributed by atoms with Crippen molar-refractivity contribution >= 4 is 11.8 Å². The van der Waals surface area contributed by atoms with Crippen LogP contribution in [0.15, 0.2) is 23.0 Å². The zero-order valence-corrected chi connectivity index (χ0v) is 11.6. The van der Waals surface area contributed by atoms with Crippen molar-refractivity contribution < 1.29 is 19.1 Å². The average Bonchev–Trinajstić information content (AvgIpc) is 2.90. The number of carboxylic acids is 1. The predicted molar refractivity (Wildman–Crippen MR) is 72.1 cm³/mol. The van der Waals surface area contributed by atoms with Gasteiger partial charge in [0.05, 0.1) is 11.8 Å². The molecule has 1 rings (SSSR count). The maximum Gasteiger partial charge on any atom is 0.314 e. The van der Waals surface area contributed by atoms with Crippen LogP contribution < -0.4 is 0 Å². The highest BCUT2D eigenvalue weighted by Crippen LogP contribution is 2.26. The van der Waals surface area contributed by atoms with Crippen LogP contribution in [0, 0.1) is 11.8 Å². The molecule has 0 aliphatic heterocycles. The Kier molecular flexibility index (Phi) is 6.33. The summed E-state index contributed by atoms with van der Waals surface area (Å²) in [4.78, 5) is 23.7. The van der Waals surface area contributed by atoms with Crippen molar-refractivity contribution in [2.24, 2.45) is 11.8 Å². The van der Waals surface area contributed by atoms with Crippen molar-refractivity contribution in [3.05, 3.63) is 24.2 Å². The minimum atomic E-state index is -1.03. The van der Waals surface area contributed by atoms with Crippen LogP contribution in [0.25, 0.3) is 0 Å². The summed E-state index contributed by atoms with van der Waals surface area (Å²) in [5, 5.41) is 9.35. The Bertz CT molecular complexity index is 394. The monoisotopic (exact) mass is 266 g/mol. The Hall–Kier alpha value is -1.58. The Balaban J connectivity index is 2.80. The molecule has 0 radical (unpaired) electrons. The van der Waals surface area contributed by atoms with E-state index in [1.165, 1.54) is 18.6 Å². The largest absolute Gasteiger partial charge is 0.481 e. The smallest absolute Gasteiger partial charge is 0.314 e. The number of hydrogen-bond acceptors (Lipinski definition) is 3. The fourth-order valence-corrected chi connectivity index (χ4v) is 2.38. The lowest BCUT2D eigenvalue weighted by Gasteiger charge is -2.21. The average molecular weight is 266 g/mol. The van der Waals surface area contributed by atoms with Crippen LogP contribution >= 0.6 is 0 Å². The minimum Gasteiger partial charge on any atom is -0.481 e. The Morgan fingerprint density at radius 1 is 1.32 bits per heavy atom. The first-order valence-corrected chi connectivity index (χ1v) is 6.91. The molecule has 2 atom stereocenters. The first-order valence-electron chi connectivity index (χ1n) is 6.91. The molecule has 1 N–H and O–H groups in total. The first kappa shape index (κ1) is 15.5. The number of aliphatic carboxylic acids is 1. The van der Waals surface area contributed by atoms with E-state index in [1.807, 2.05) is 6.92 Å². The molecule has 2 unspecified atom stereocenters. The summed E-state index contributed by atoms with van der Waals surface area (Å²) in [7, 11) is 0. The maximum absolute atomic E-state index is 12.2. The van der Waals surface area contributed by atoms with Gasteiger partial charge in [-0.1, -0.05) is 39.5 Å². The zero-order valence-electron chi connectivity index (χ0n) is 11.6. The second-order valence-corrected chi connectivity index (χ2v) is 4.86. The number of ketones is 1. The molecule has 1 aromatic rings. The van der Waals surface area contributed by atoms with Gasteiger partial charge in [-0.15, -0.1) is 0 Å².